The van der Waals surface area contributed by atoms with E-state index < -0.39 is 12.1 Å². The third-order valence-electron chi connectivity index (χ3n) is 4.64. The number of carbonyl (C=O) groups is 2. The summed E-state index contributed by atoms with van der Waals surface area (Å²) in [6.07, 6.45) is 12.4. The van der Waals surface area contributed by atoms with Gasteiger partial charge in [0.2, 0.25) is 5.91 Å². The van der Waals surface area contributed by atoms with Crippen molar-refractivity contribution in [1.82, 2.24) is 4.90 Å². The van der Waals surface area contributed by atoms with E-state index in [9.17, 15) is 14.7 Å². The standard InChI is InChI=1S/C22H33NO4/c1-3-4-5-8-11-18(2)20(24)15-13-19-14-16-21(25)23(19)17-10-7-6-9-12-22(26)27/h7,10,13,15,18-20,24H,3-4,6,9,11-12,14,16-17H2,1-2H3,(H,26,27)/t18-,19?,20+/m0/s1. The van der Waals surface area contributed by atoms with Crippen molar-refractivity contribution in [2.45, 2.75) is 77.4 Å². The normalized spacial score (nSPS) is 19.4. The monoisotopic (exact) mass is 375 g/mol. The highest BCUT2D eigenvalue weighted by Gasteiger charge is 2.28. The molecule has 0 bridgehead atoms. The van der Waals surface area contributed by atoms with Crippen molar-refractivity contribution in [1.29, 1.82) is 0 Å². The number of aliphatic hydroxyl groups excluding tert-OH is 1. The Balaban J connectivity index is 2.46. The first-order valence-electron chi connectivity index (χ1n) is 9.94. The lowest BCUT2D eigenvalue weighted by molar-refractivity contribution is -0.137. The van der Waals surface area contributed by atoms with Gasteiger partial charge < -0.3 is 15.1 Å². The fraction of sp³-hybridized carbons (Fsp3) is 0.636. The van der Waals surface area contributed by atoms with Gasteiger partial charge in [-0.25, -0.2) is 0 Å². The Morgan fingerprint density at radius 2 is 2.15 bits per heavy atom. The first-order valence-corrected chi connectivity index (χ1v) is 9.94. The molecule has 150 valence electrons. The number of amides is 1. The molecule has 0 aromatic rings. The molecule has 0 spiro atoms. The summed E-state index contributed by atoms with van der Waals surface area (Å²) in [5.41, 5.74) is 0. The van der Waals surface area contributed by atoms with E-state index in [1.54, 1.807) is 6.08 Å². The topological polar surface area (TPSA) is 77.8 Å². The highest BCUT2D eigenvalue weighted by Crippen LogP contribution is 2.20. The number of hydrogen-bond donors (Lipinski definition) is 2. The lowest BCUT2D eigenvalue weighted by atomic mass is 10.00. The molecule has 1 aliphatic heterocycles. The van der Waals surface area contributed by atoms with E-state index >= 15 is 0 Å². The molecule has 5 heteroatoms. The van der Waals surface area contributed by atoms with Crippen molar-refractivity contribution in [2.75, 3.05) is 6.54 Å². The molecule has 1 fully saturated rings. The minimum absolute atomic E-state index is 0.00851. The average Bonchev–Trinajstić information content (AvgIpc) is 2.99. The Labute approximate surface area is 163 Å². The van der Waals surface area contributed by atoms with Gasteiger partial charge in [0.15, 0.2) is 0 Å². The third kappa shape index (κ3) is 9.44. The molecule has 1 saturated heterocycles. The van der Waals surface area contributed by atoms with Gasteiger partial charge >= 0.3 is 5.97 Å². The number of aliphatic carboxylic acids is 1. The lowest BCUT2D eigenvalue weighted by Gasteiger charge is -2.21. The minimum atomic E-state index is -0.785. The van der Waals surface area contributed by atoms with Gasteiger partial charge in [-0.2, -0.15) is 0 Å². The zero-order valence-electron chi connectivity index (χ0n) is 16.6. The van der Waals surface area contributed by atoms with E-state index in [2.05, 4.69) is 18.8 Å². The summed E-state index contributed by atoms with van der Waals surface area (Å²) in [4.78, 5) is 24.4. The summed E-state index contributed by atoms with van der Waals surface area (Å²) in [6.45, 7) is 4.59. The van der Waals surface area contributed by atoms with E-state index in [0.29, 0.717) is 32.2 Å². The number of nitrogens with zero attached hydrogens (tertiary/aromatic N) is 1. The van der Waals surface area contributed by atoms with Crippen LogP contribution in [0.2, 0.25) is 0 Å². The number of rotatable bonds is 11. The summed E-state index contributed by atoms with van der Waals surface area (Å²) in [5, 5.41) is 18.9. The van der Waals surface area contributed by atoms with Crippen LogP contribution >= 0.6 is 0 Å². The van der Waals surface area contributed by atoms with Gasteiger partial charge in [-0.15, -0.1) is 11.8 Å². The van der Waals surface area contributed by atoms with Gasteiger partial charge in [0.1, 0.15) is 0 Å². The molecule has 3 atom stereocenters. The molecule has 2 N–H and O–H groups in total. The fourth-order valence-electron chi connectivity index (χ4n) is 2.87. The maximum atomic E-state index is 12.1. The van der Waals surface area contributed by atoms with E-state index in [0.717, 1.165) is 19.3 Å². The number of hydrogen-bond acceptors (Lipinski definition) is 3. The van der Waals surface area contributed by atoms with Crippen LogP contribution in [0.1, 0.15) is 65.2 Å². The van der Waals surface area contributed by atoms with Crippen molar-refractivity contribution < 1.29 is 19.8 Å². The molecular weight excluding hydrogens is 342 g/mol. The smallest absolute Gasteiger partial charge is 0.303 e. The van der Waals surface area contributed by atoms with E-state index in [1.807, 2.05) is 30.1 Å². The van der Waals surface area contributed by atoms with Gasteiger partial charge in [0.25, 0.3) is 0 Å². The Morgan fingerprint density at radius 3 is 2.85 bits per heavy atom. The number of allylic oxidation sites excluding steroid dienone is 1. The van der Waals surface area contributed by atoms with Crippen LogP contribution in [0.4, 0.5) is 0 Å². The quantitative estimate of drug-likeness (QED) is 0.329. The Bertz CT molecular complexity index is 585. The number of carboxylic acids is 1. The van der Waals surface area contributed by atoms with Crippen molar-refractivity contribution in [3.05, 3.63) is 24.3 Å². The molecule has 1 heterocycles. The molecule has 27 heavy (non-hydrogen) atoms. The minimum Gasteiger partial charge on any atom is -0.481 e. The predicted octanol–water partition coefficient (Wildman–Crippen LogP) is 3.54. The highest BCUT2D eigenvalue weighted by atomic mass is 16.4. The maximum absolute atomic E-state index is 12.1. The first kappa shape index (κ1) is 23.0. The second kappa shape index (κ2) is 13.2. The molecule has 5 nitrogen and oxygen atoms in total. The summed E-state index contributed by atoms with van der Waals surface area (Å²) in [6, 6.07) is 0.00851. The number of carbonyl (C=O) groups excluding carboxylic acids is 1. The molecule has 1 aliphatic rings. The molecule has 0 aromatic carbocycles. The van der Waals surface area contributed by atoms with Crippen molar-refractivity contribution >= 4 is 11.9 Å². The molecule has 0 radical (unpaired) electrons. The highest BCUT2D eigenvalue weighted by molar-refractivity contribution is 5.79. The third-order valence-corrected chi connectivity index (χ3v) is 4.64. The van der Waals surface area contributed by atoms with Crippen LogP contribution in [0.3, 0.4) is 0 Å². The SMILES string of the molecule is CCCC#CC[C@H](C)[C@H](O)C=CC1CCC(=O)N1CC=CCCCC(=O)O. The van der Waals surface area contributed by atoms with Crippen LogP contribution in [-0.4, -0.2) is 45.7 Å². The molecule has 1 rings (SSSR count). The Kier molecular flexibility index (Phi) is 11.2. The Morgan fingerprint density at radius 1 is 1.37 bits per heavy atom. The molecule has 1 amide bonds. The zero-order chi connectivity index (χ0) is 20.1. The van der Waals surface area contributed by atoms with Gasteiger partial charge in [-0.1, -0.05) is 38.2 Å². The van der Waals surface area contributed by atoms with Crippen LogP contribution in [0.5, 0.6) is 0 Å². The zero-order valence-corrected chi connectivity index (χ0v) is 16.6. The van der Waals surface area contributed by atoms with Crippen molar-refractivity contribution in [2.24, 2.45) is 5.92 Å². The summed E-state index contributed by atoms with van der Waals surface area (Å²) >= 11 is 0. The van der Waals surface area contributed by atoms with Crippen molar-refractivity contribution in [3.63, 3.8) is 0 Å². The summed E-state index contributed by atoms with van der Waals surface area (Å²) < 4.78 is 0. The molecule has 0 aromatic heterocycles. The van der Waals surface area contributed by atoms with Gasteiger partial charge in [-0.3, -0.25) is 9.59 Å². The molecule has 0 saturated carbocycles. The van der Waals surface area contributed by atoms with Gasteiger partial charge in [-0.05, 0) is 31.6 Å². The van der Waals surface area contributed by atoms with Crippen LogP contribution < -0.4 is 0 Å². The fourth-order valence-corrected chi connectivity index (χ4v) is 2.87. The van der Waals surface area contributed by atoms with Crippen LogP contribution in [0.15, 0.2) is 24.3 Å². The maximum Gasteiger partial charge on any atom is 0.303 e. The molecular formula is C22H33NO4. The van der Waals surface area contributed by atoms with Crippen LogP contribution in [0.25, 0.3) is 0 Å². The van der Waals surface area contributed by atoms with Gasteiger partial charge in [0.05, 0.1) is 12.1 Å². The van der Waals surface area contributed by atoms with E-state index in [-0.39, 0.29) is 24.3 Å². The first-order chi connectivity index (χ1) is 13.0. The number of unbranched alkanes of at least 4 members (excludes halogenated alkanes) is 2. The van der Waals surface area contributed by atoms with Crippen molar-refractivity contribution in [3.8, 4) is 11.8 Å². The largest absolute Gasteiger partial charge is 0.481 e. The molecule has 0 aliphatic carbocycles. The van der Waals surface area contributed by atoms with Crippen LogP contribution in [-0.2, 0) is 9.59 Å². The number of carboxylic acid groups (broad SMARTS) is 1. The number of aliphatic hydroxyl groups is 1. The van der Waals surface area contributed by atoms with Gasteiger partial charge in [0, 0.05) is 32.2 Å². The molecule has 1 unspecified atom stereocenters. The van der Waals surface area contributed by atoms with E-state index in [4.69, 9.17) is 5.11 Å². The second-order valence-electron chi connectivity index (χ2n) is 7.07. The second-order valence-corrected chi connectivity index (χ2v) is 7.07. The van der Waals surface area contributed by atoms with Crippen LogP contribution in [0, 0.1) is 17.8 Å². The summed E-state index contributed by atoms with van der Waals surface area (Å²) in [5.74, 6) is 5.60. The average molecular weight is 376 g/mol. The Hall–Kier alpha value is -2.06. The number of likely N-dealkylation sites (tertiary alicyclic amines) is 1. The summed E-state index contributed by atoms with van der Waals surface area (Å²) in [7, 11) is 0. The van der Waals surface area contributed by atoms with E-state index in [1.165, 1.54) is 0 Å². The predicted molar refractivity (Wildman–Crippen MR) is 107 cm³/mol. The lowest BCUT2D eigenvalue weighted by Crippen LogP contribution is -2.32.